The fraction of sp³-hybridized carbons (Fsp3) is 0.944. The second-order valence-electron chi connectivity index (χ2n) is 7.25. The lowest BCUT2D eigenvalue weighted by molar-refractivity contribution is -0.142. The Kier molecular flexibility index (Phi) is 7.01. The Morgan fingerprint density at radius 3 is 2.05 bits per heavy atom. The third-order valence-corrected chi connectivity index (χ3v) is 5.61. The third-order valence-electron chi connectivity index (χ3n) is 5.61. The number of nitrogens with one attached hydrogen (secondary N) is 1. The van der Waals surface area contributed by atoms with Crippen LogP contribution in [-0.4, -0.2) is 23.2 Å². The molecule has 0 aromatic heterocycles. The first-order valence-electron chi connectivity index (χ1n) is 9.20. The van der Waals surface area contributed by atoms with Gasteiger partial charge in [-0.25, -0.2) is 0 Å². The summed E-state index contributed by atoms with van der Waals surface area (Å²) in [6.07, 6.45) is 16.8. The van der Waals surface area contributed by atoms with E-state index < -0.39 is 5.97 Å². The van der Waals surface area contributed by atoms with Gasteiger partial charge in [0.2, 0.25) is 0 Å². The number of aliphatic carboxylic acids is 1. The molecule has 2 aliphatic rings. The van der Waals surface area contributed by atoms with Gasteiger partial charge in [-0.15, -0.1) is 0 Å². The van der Waals surface area contributed by atoms with Crippen molar-refractivity contribution in [2.45, 2.75) is 95.4 Å². The number of carboxylic acids is 1. The van der Waals surface area contributed by atoms with Crippen LogP contribution in [0.3, 0.4) is 0 Å². The average Bonchev–Trinajstić information content (AvgIpc) is 2.50. The standard InChI is InChI=1S/C18H33NO2/c20-17(21)16-10-6-4-2-1-3-5-7-12-18(14-11-16)13-8-9-15-19-18/h16,19H,1-15H2,(H,20,21). The molecule has 122 valence electrons. The molecular weight excluding hydrogens is 262 g/mol. The highest BCUT2D eigenvalue weighted by Gasteiger charge is 2.32. The van der Waals surface area contributed by atoms with Crippen molar-refractivity contribution < 1.29 is 9.90 Å². The molecule has 2 fully saturated rings. The lowest BCUT2D eigenvalue weighted by Gasteiger charge is -2.39. The molecule has 0 aromatic carbocycles. The first kappa shape index (κ1) is 16.8. The van der Waals surface area contributed by atoms with E-state index >= 15 is 0 Å². The highest BCUT2D eigenvalue weighted by Crippen LogP contribution is 2.33. The fourth-order valence-electron chi connectivity index (χ4n) is 4.16. The highest BCUT2D eigenvalue weighted by atomic mass is 16.4. The maximum atomic E-state index is 11.5. The topological polar surface area (TPSA) is 49.3 Å². The number of carboxylic acid groups (broad SMARTS) is 1. The Morgan fingerprint density at radius 2 is 1.43 bits per heavy atom. The minimum Gasteiger partial charge on any atom is -0.481 e. The number of hydrogen-bond acceptors (Lipinski definition) is 2. The Hall–Kier alpha value is -0.570. The number of hydrogen-bond donors (Lipinski definition) is 2. The highest BCUT2D eigenvalue weighted by molar-refractivity contribution is 5.69. The van der Waals surface area contributed by atoms with Crippen molar-refractivity contribution in [3.05, 3.63) is 0 Å². The molecule has 2 rings (SSSR count). The zero-order chi connectivity index (χ0) is 15.0. The maximum absolute atomic E-state index is 11.5. The molecular formula is C18H33NO2. The number of piperidine rings is 1. The van der Waals surface area contributed by atoms with E-state index in [1.807, 2.05) is 0 Å². The van der Waals surface area contributed by atoms with E-state index in [0.29, 0.717) is 0 Å². The van der Waals surface area contributed by atoms with Crippen LogP contribution in [0.1, 0.15) is 89.9 Å². The molecule has 0 aromatic rings. The Balaban J connectivity index is 1.97. The summed E-state index contributed by atoms with van der Waals surface area (Å²) >= 11 is 0. The lowest BCUT2D eigenvalue weighted by Crippen LogP contribution is -2.48. The van der Waals surface area contributed by atoms with E-state index in [4.69, 9.17) is 0 Å². The van der Waals surface area contributed by atoms with Gasteiger partial charge in [-0.05, 0) is 45.1 Å². The van der Waals surface area contributed by atoms with E-state index in [2.05, 4.69) is 5.32 Å². The molecule has 2 unspecified atom stereocenters. The molecule has 3 heteroatoms. The van der Waals surface area contributed by atoms with Crippen LogP contribution in [0.15, 0.2) is 0 Å². The molecule has 2 atom stereocenters. The van der Waals surface area contributed by atoms with Crippen molar-refractivity contribution in [1.82, 2.24) is 5.32 Å². The van der Waals surface area contributed by atoms with Gasteiger partial charge in [0.1, 0.15) is 0 Å². The van der Waals surface area contributed by atoms with Crippen LogP contribution in [0, 0.1) is 5.92 Å². The fourth-order valence-corrected chi connectivity index (χ4v) is 4.16. The molecule has 3 nitrogen and oxygen atoms in total. The van der Waals surface area contributed by atoms with Crippen LogP contribution in [0.5, 0.6) is 0 Å². The van der Waals surface area contributed by atoms with Crippen molar-refractivity contribution in [1.29, 1.82) is 0 Å². The molecule has 2 N–H and O–H groups in total. The molecule has 0 bridgehead atoms. The number of rotatable bonds is 1. The molecule has 0 radical (unpaired) electrons. The van der Waals surface area contributed by atoms with Crippen molar-refractivity contribution in [2.75, 3.05) is 6.54 Å². The van der Waals surface area contributed by atoms with E-state index in [1.165, 1.54) is 64.2 Å². The van der Waals surface area contributed by atoms with Crippen LogP contribution in [0.4, 0.5) is 0 Å². The van der Waals surface area contributed by atoms with E-state index in [0.717, 1.165) is 32.2 Å². The molecule has 1 aliphatic carbocycles. The zero-order valence-electron chi connectivity index (χ0n) is 13.5. The van der Waals surface area contributed by atoms with E-state index in [9.17, 15) is 9.90 Å². The largest absolute Gasteiger partial charge is 0.481 e. The van der Waals surface area contributed by atoms with Crippen molar-refractivity contribution >= 4 is 5.97 Å². The predicted octanol–water partition coefficient (Wildman–Crippen LogP) is 4.50. The number of carbonyl (C=O) groups is 1. The normalized spacial score (nSPS) is 33.6. The van der Waals surface area contributed by atoms with Gasteiger partial charge in [-0.3, -0.25) is 4.79 Å². The third kappa shape index (κ3) is 5.61. The minimum atomic E-state index is -0.573. The van der Waals surface area contributed by atoms with Crippen LogP contribution < -0.4 is 5.32 Å². The van der Waals surface area contributed by atoms with E-state index in [-0.39, 0.29) is 11.5 Å². The molecule has 1 spiro atoms. The lowest BCUT2D eigenvalue weighted by atomic mass is 9.78. The average molecular weight is 295 g/mol. The molecule has 1 saturated heterocycles. The van der Waals surface area contributed by atoms with Gasteiger partial charge < -0.3 is 10.4 Å². The minimum absolute atomic E-state index is 0.119. The molecule has 1 aliphatic heterocycles. The maximum Gasteiger partial charge on any atom is 0.306 e. The zero-order valence-corrected chi connectivity index (χ0v) is 13.5. The van der Waals surface area contributed by atoms with Crippen molar-refractivity contribution in [2.24, 2.45) is 5.92 Å². The monoisotopic (exact) mass is 295 g/mol. The quantitative estimate of drug-likeness (QED) is 0.748. The Labute approximate surface area is 129 Å². The molecule has 21 heavy (non-hydrogen) atoms. The predicted molar refractivity (Wildman–Crippen MR) is 86.5 cm³/mol. The van der Waals surface area contributed by atoms with Crippen LogP contribution in [0.25, 0.3) is 0 Å². The van der Waals surface area contributed by atoms with Crippen LogP contribution >= 0.6 is 0 Å². The summed E-state index contributed by atoms with van der Waals surface area (Å²) < 4.78 is 0. The summed E-state index contributed by atoms with van der Waals surface area (Å²) in [6.45, 7) is 1.12. The van der Waals surface area contributed by atoms with Gasteiger partial charge in [0.05, 0.1) is 5.92 Å². The molecule has 0 amide bonds. The SMILES string of the molecule is O=C(O)C1CCCCCCCCCC2(CCCCN2)CC1. The van der Waals surface area contributed by atoms with Crippen LogP contribution in [-0.2, 0) is 4.79 Å². The summed E-state index contributed by atoms with van der Waals surface area (Å²) in [6, 6.07) is 0. The first-order chi connectivity index (χ1) is 10.2. The molecule has 1 saturated carbocycles. The summed E-state index contributed by atoms with van der Waals surface area (Å²) in [4.78, 5) is 11.5. The smallest absolute Gasteiger partial charge is 0.306 e. The van der Waals surface area contributed by atoms with Gasteiger partial charge in [-0.2, -0.15) is 0 Å². The van der Waals surface area contributed by atoms with Gasteiger partial charge in [0.25, 0.3) is 0 Å². The summed E-state index contributed by atoms with van der Waals surface area (Å²) in [7, 11) is 0. The van der Waals surface area contributed by atoms with Gasteiger partial charge >= 0.3 is 5.97 Å². The first-order valence-corrected chi connectivity index (χ1v) is 9.20. The van der Waals surface area contributed by atoms with E-state index in [1.54, 1.807) is 0 Å². The summed E-state index contributed by atoms with van der Waals surface area (Å²) in [5.74, 6) is -0.692. The second kappa shape index (κ2) is 8.77. The van der Waals surface area contributed by atoms with Crippen molar-refractivity contribution in [3.8, 4) is 0 Å². The van der Waals surface area contributed by atoms with Gasteiger partial charge in [-0.1, -0.05) is 51.4 Å². The van der Waals surface area contributed by atoms with Gasteiger partial charge in [0.15, 0.2) is 0 Å². The molecule has 1 heterocycles. The van der Waals surface area contributed by atoms with Crippen molar-refractivity contribution in [3.63, 3.8) is 0 Å². The summed E-state index contributed by atoms with van der Waals surface area (Å²) in [5, 5.41) is 13.2. The van der Waals surface area contributed by atoms with Gasteiger partial charge in [0, 0.05) is 5.54 Å². The summed E-state index contributed by atoms with van der Waals surface area (Å²) in [5.41, 5.74) is 0.250. The Morgan fingerprint density at radius 1 is 0.810 bits per heavy atom. The van der Waals surface area contributed by atoms with Crippen LogP contribution in [0.2, 0.25) is 0 Å². The Bertz CT molecular complexity index is 310. The second-order valence-corrected chi connectivity index (χ2v) is 7.25.